The summed E-state index contributed by atoms with van der Waals surface area (Å²) < 4.78 is 37.0. The number of methoxy groups -OCH3 is 1. The molecule has 1 heterocycles. The third kappa shape index (κ3) is 3.08. The lowest BCUT2D eigenvalue weighted by molar-refractivity contribution is -0.00277. The molecule has 19 heavy (non-hydrogen) atoms. The summed E-state index contributed by atoms with van der Waals surface area (Å²) >= 11 is 0. The normalized spacial score (nSPS) is 21.3. The highest BCUT2D eigenvalue weighted by Gasteiger charge is 2.29. The molecule has 1 fully saturated rings. The van der Waals surface area contributed by atoms with Crippen molar-refractivity contribution in [2.24, 2.45) is 0 Å². The standard InChI is InChI=1S/C13H19NO4S/c1-3-11-10-14(8-9-18-11)19(15,16)13-6-4-12(17-2)5-7-13/h4-7,11H,3,8-10H2,1-2H3/t11-/m1/s1. The second-order valence-corrected chi connectivity index (χ2v) is 6.38. The van der Waals surface area contributed by atoms with E-state index in [0.29, 0.717) is 30.3 Å². The first-order valence-electron chi connectivity index (χ1n) is 6.33. The van der Waals surface area contributed by atoms with Crippen LogP contribution in [0.2, 0.25) is 0 Å². The summed E-state index contributed by atoms with van der Waals surface area (Å²) in [5.41, 5.74) is 0. The van der Waals surface area contributed by atoms with E-state index in [0.717, 1.165) is 6.42 Å². The molecule has 0 radical (unpaired) electrons. The van der Waals surface area contributed by atoms with Crippen LogP contribution in [0.4, 0.5) is 0 Å². The minimum atomic E-state index is -3.43. The van der Waals surface area contributed by atoms with Crippen molar-refractivity contribution in [3.8, 4) is 5.75 Å². The van der Waals surface area contributed by atoms with Crippen LogP contribution in [0.1, 0.15) is 13.3 Å². The minimum Gasteiger partial charge on any atom is -0.497 e. The van der Waals surface area contributed by atoms with E-state index in [1.54, 1.807) is 31.4 Å². The van der Waals surface area contributed by atoms with Crippen LogP contribution in [0, 0.1) is 0 Å². The molecule has 0 amide bonds. The Bertz CT molecular complexity index is 512. The predicted octanol–water partition coefficient (Wildman–Crippen LogP) is 1.49. The maximum absolute atomic E-state index is 12.5. The molecule has 1 aromatic carbocycles. The molecule has 0 N–H and O–H groups in total. The van der Waals surface area contributed by atoms with Crippen LogP contribution >= 0.6 is 0 Å². The van der Waals surface area contributed by atoms with Crippen molar-refractivity contribution >= 4 is 10.0 Å². The monoisotopic (exact) mass is 285 g/mol. The van der Waals surface area contributed by atoms with E-state index in [9.17, 15) is 8.42 Å². The summed E-state index contributed by atoms with van der Waals surface area (Å²) in [6.07, 6.45) is 0.802. The van der Waals surface area contributed by atoms with E-state index in [1.807, 2.05) is 6.92 Å². The van der Waals surface area contributed by atoms with Gasteiger partial charge in [0.05, 0.1) is 24.7 Å². The van der Waals surface area contributed by atoms with Gasteiger partial charge in [0.25, 0.3) is 0 Å². The van der Waals surface area contributed by atoms with Crippen molar-refractivity contribution in [1.82, 2.24) is 4.31 Å². The zero-order valence-electron chi connectivity index (χ0n) is 11.2. The van der Waals surface area contributed by atoms with Crippen molar-refractivity contribution in [2.45, 2.75) is 24.3 Å². The van der Waals surface area contributed by atoms with Crippen molar-refractivity contribution in [2.75, 3.05) is 26.8 Å². The SMILES string of the molecule is CC[C@@H]1CN(S(=O)(=O)c2ccc(OC)cc2)CCO1. The Hall–Kier alpha value is -1.11. The fourth-order valence-corrected chi connectivity index (χ4v) is 3.51. The molecule has 0 aromatic heterocycles. The third-order valence-corrected chi connectivity index (χ3v) is 5.13. The van der Waals surface area contributed by atoms with Gasteiger partial charge in [0, 0.05) is 13.1 Å². The third-order valence-electron chi connectivity index (χ3n) is 3.25. The van der Waals surface area contributed by atoms with Gasteiger partial charge in [-0.05, 0) is 30.7 Å². The first-order valence-corrected chi connectivity index (χ1v) is 7.77. The van der Waals surface area contributed by atoms with Crippen LogP contribution in [-0.4, -0.2) is 45.6 Å². The summed E-state index contributed by atoms with van der Waals surface area (Å²) in [6.45, 7) is 3.28. The van der Waals surface area contributed by atoms with Crippen LogP contribution in [0.5, 0.6) is 5.75 Å². The topological polar surface area (TPSA) is 55.8 Å². The van der Waals surface area contributed by atoms with Gasteiger partial charge in [-0.2, -0.15) is 4.31 Å². The van der Waals surface area contributed by atoms with Gasteiger partial charge in [-0.1, -0.05) is 6.92 Å². The molecule has 0 spiro atoms. The molecule has 0 aliphatic carbocycles. The van der Waals surface area contributed by atoms with Crippen molar-refractivity contribution in [3.63, 3.8) is 0 Å². The second-order valence-electron chi connectivity index (χ2n) is 4.44. The molecule has 5 nitrogen and oxygen atoms in total. The quantitative estimate of drug-likeness (QED) is 0.841. The molecule has 1 aliphatic heterocycles. The molecular weight excluding hydrogens is 266 g/mol. The van der Waals surface area contributed by atoms with Gasteiger partial charge in [0.2, 0.25) is 10.0 Å². The predicted molar refractivity (Wildman–Crippen MR) is 71.8 cm³/mol. The Morgan fingerprint density at radius 2 is 2.05 bits per heavy atom. The van der Waals surface area contributed by atoms with E-state index in [4.69, 9.17) is 9.47 Å². The highest BCUT2D eigenvalue weighted by Crippen LogP contribution is 2.21. The zero-order chi connectivity index (χ0) is 13.9. The van der Waals surface area contributed by atoms with Crippen LogP contribution < -0.4 is 4.74 Å². The molecule has 2 rings (SSSR count). The Morgan fingerprint density at radius 3 is 2.63 bits per heavy atom. The summed E-state index contributed by atoms with van der Waals surface area (Å²) in [5.74, 6) is 0.646. The summed E-state index contributed by atoms with van der Waals surface area (Å²) in [6, 6.07) is 6.46. The van der Waals surface area contributed by atoms with Crippen LogP contribution in [0.25, 0.3) is 0 Å². The van der Waals surface area contributed by atoms with E-state index in [2.05, 4.69) is 0 Å². The molecule has 0 unspecified atom stereocenters. The number of benzene rings is 1. The first-order chi connectivity index (χ1) is 9.07. The Labute approximate surface area is 114 Å². The second kappa shape index (κ2) is 5.90. The summed E-state index contributed by atoms with van der Waals surface area (Å²) in [7, 11) is -1.88. The highest BCUT2D eigenvalue weighted by molar-refractivity contribution is 7.89. The maximum Gasteiger partial charge on any atom is 0.243 e. The van der Waals surface area contributed by atoms with E-state index < -0.39 is 10.0 Å². The molecule has 1 atom stereocenters. The molecule has 106 valence electrons. The fraction of sp³-hybridized carbons (Fsp3) is 0.538. The molecule has 0 saturated carbocycles. The number of nitrogens with zero attached hydrogens (tertiary/aromatic N) is 1. The molecule has 1 aromatic rings. The van der Waals surface area contributed by atoms with Gasteiger partial charge in [-0.3, -0.25) is 0 Å². The van der Waals surface area contributed by atoms with Gasteiger partial charge in [0.15, 0.2) is 0 Å². The number of rotatable bonds is 4. The summed E-state index contributed by atoms with van der Waals surface area (Å²) in [5, 5.41) is 0. The van der Waals surface area contributed by atoms with Crippen molar-refractivity contribution in [3.05, 3.63) is 24.3 Å². The minimum absolute atomic E-state index is 0.0122. The Morgan fingerprint density at radius 1 is 1.37 bits per heavy atom. The molecule has 6 heteroatoms. The van der Waals surface area contributed by atoms with E-state index >= 15 is 0 Å². The van der Waals surface area contributed by atoms with Gasteiger partial charge >= 0.3 is 0 Å². The fourth-order valence-electron chi connectivity index (χ4n) is 2.05. The van der Waals surface area contributed by atoms with Gasteiger partial charge in [0.1, 0.15) is 5.75 Å². The lowest BCUT2D eigenvalue weighted by atomic mass is 10.2. The highest BCUT2D eigenvalue weighted by atomic mass is 32.2. The summed E-state index contributed by atoms with van der Waals surface area (Å²) in [4.78, 5) is 0.296. The van der Waals surface area contributed by atoms with Gasteiger partial charge < -0.3 is 9.47 Å². The lowest BCUT2D eigenvalue weighted by Gasteiger charge is -2.31. The number of ether oxygens (including phenoxy) is 2. The average Bonchev–Trinajstić information content (AvgIpc) is 2.47. The first kappa shape index (κ1) is 14.3. The van der Waals surface area contributed by atoms with Gasteiger partial charge in [-0.25, -0.2) is 8.42 Å². The molecule has 1 aliphatic rings. The van der Waals surface area contributed by atoms with Crippen molar-refractivity contribution < 1.29 is 17.9 Å². The molecule has 0 bridgehead atoms. The lowest BCUT2D eigenvalue weighted by Crippen LogP contribution is -2.45. The number of sulfonamides is 1. The van der Waals surface area contributed by atoms with Crippen molar-refractivity contribution in [1.29, 1.82) is 0 Å². The van der Waals surface area contributed by atoms with Crippen LogP contribution in [0.3, 0.4) is 0 Å². The number of morpholine rings is 1. The molecule has 1 saturated heterocycles. The largest absolute Gasteiger partial charge is 0.497 e. The van der Waals surface area contributed by atoms with E-state index in [-0.39, 0.29) is 6.10 Å². The Balaban J connectivity index is 2.20. The molecular formula is C13H19NO4S. The van der Waals surface area contributed by atoms with Crippen LogP contribution in [-0.2, 0) is 14.8 Å². The van der Waals surface area contributed by atoms with Gasteiger partial charge in [-0.15, -0.1) is 0 Å². The number of hydrogen-bond donors (Lipinski definition) is 0. The zero-order valence-corrected chi connectivity index (χ0v) is 12.0. The van der Waals surface area contributed by atoms with E-state index in [1.165, 1.54) is 4.31 Å². The smallest absolute Gasteiger partial charge is 0.243 e. The van der Waals surface area contributed by atoms with Crippen LogP contribution in [0.15, 0.2) is 29.2 Å². The maximum atomic E-state index is 12.5. The number of hydrogen-bond acceptors (Lipinski definition) is 4. The average molecular weight is 285 g/mol. The Kier molecular flexibility index (Phi) is 4.44.